The van der Waals surface area contributed by atoms with E-state index >= 15 is 0 Å². The van der Waals surface area contributed by atoms with Gasteiger partial charge in [0.25, 0.3) is 0 Å². The fraction of sp³-hybridized carbons (Fsp3) is 0.933. The highest BCUT2D eigenvalue weighted by molar-refractivity contribution is 5.79. The molecule has 1 aliphatic carbocycles. The molecule has 4 nitrogen and oxygen atoms in total. The summed E-state index contributed by atoms with van der Waals surface area (Å²) in [4.78, 5) is 14.8. The summed E-state index contributed by atoms with van der Waals surface area (Å²) >= 11 is 0. The van der Waals surface area contributed by atoms with Crippen molar-refractivity contribution in [2.24, 2.45) is 17.6 Å². The first-order valence-corrected chi connectivity index (χ1v) is 7.86. The molecular weight excluding hydrogens is 238 g/mol. The molecule has 2 rings (SSSR count). The zero-order chi connectivity index (χ0) is 13.8. The second-order valence-corrected chi connectivity index (χ2v) is 6.45. The van der Waals surface area contributed by atoms with Crippen molar-refractivity contribution < 1.29 is 4.79 Å². The molecule has 1 aliphatic heterocycles. The highest BCUT2D eigenvalue weighted by Crippen LogP contribution is 2.31. The van der Waals surface area contributed by atoms with Gasteiger partial charge in [-0.15, -0.1) is 0 Å². The van der Waals surface area contributed by atoms with Crippen molar-refractivity contribution in [3.8, 4) is 0 Å². The average Bonchev–Trinajstić information content (AvgIpc) is 2.87. The van der Waals surface area contributed by atoms with Gasteiger partial charge in [-0.1, -0.05) is 6.42 Å². The van der Waals surface area contributed by atoms with Crippen LogP contribution in [0.3, 0.4) is 0 Å². The maximum atomic E-state index is 12.3. The Morgan fingerprint density at radius 1 is 1.26 bits per heavy atom. The zero-order valence-corrected chi connectivity index (χ0v) is 12.4. The first kappa shape index (κ1) is 14.8. The summed E-state index contributed by atoms with van der Waals surface area (Å²) in [6.45, 7) is 7.34. The molecule has 0 radical (unpaired) electrons. The van der Waals surface area contributed by atoms with Crippen LogP contribution < -0.4 is 11.1 Å². The number of hydrogen-bond acceptors (Lipinski definition) is 3. The molecule has 0 aromatic heterocycles. The molecule has 2 unspecified atom stereocenters. The number of carbonyl (C=O) groups is 1. The van der Waals surface area contributed by atoms with Crippen LogP contribution in [0, 0.1) is 11.8 Å². The largest absolute Gasteiger partial charge is 0.353 e. The molecule has 1 heterocycles. The van der Waals surface area contributed by atoms with Crippen LogP contribution in [0.25, 0.3) is 0 Å². The number of likely N-dealkylation sites (tertiary alicyclic amines) is 1. The highest BCUT2D eigenvalue weighted by atomic mass is 16.2. The lowest BCUT2D eigenvalue weighted by Crippen LogP contribution is -2.48. The number of nitrogens with zero attached hydrogens (tertiary/aromatic N) is 1. The van der Waals surface area contributed by atoms with Gasteiger partial charge in [0.2, 0.25) is 5.91 Å². The Labute approximate surface area is 117 Å². The van der Waals surface area contributed by atoms with Gasteiger partial charge in [0.1, 0.15) is 0 Å². The Hall–Kier alpha value is -0.610. The first-order chi connectivity index (χ1) is 9.11. The molecule has 1 saturated carbocycles. The Morgan fingerprint density at radius 2 is 1.95 bits per heavy atom. The number of rotatable bonds is 4. The molecule has 0 bridgehead atoms. The van der Waals surface area contributed by atoms with Crippen LogP contribution in [-0.4, -0.2) is 42.5 Å². The van der Waals surface area contributed by atoms with E-state index in [2.05, 4.69) is 24.1 Å². The lowest BCUT2D eigenvalue weighted by molar-refractivity contribution is -0.127. The fourth-order valence-electron chi connectivity index (χ4n) is 3.53. The van der Waals surface area contributed by atoms with E-state index in [4.69, 9.17) is 5.73 Å². The van der Waals surface area contributed by atoms with Crippen molar-refractivity contribution in [2.75, 3.05) is 19.6 Å². The topological polar surface area (TPSA) is 58.4 Å². The molecule has 3 N–H and O–H groups in total. The van der Waals surface area contributed by atoms with Crippen molar-refractivity contribution in [3.05, 3.63) is 0 Å². The molecule has 2 fully saturated rings. The van der Waals surface area contributed by atoms with Gasteiger partial charge in [0.15, 0.2) is 0 Å². The Balaban J connectivity index is 1.77. The third kappa shape index (κ3) is 3.69. The van der Waals surface area contributed by atoms with Gasteiger partial charge in [-0.3, -0.25) is 4.79 Å². The predicted molar refractivity (Wildman–Crippen MR) is 77.8 cm³/mol. The molecule has 0 aromatic rings. The van der Waals surface area contributed by atoms with E-state index in [0.717, 1.165) is 45.2 Å². The summed E-state index contributed by atoms with van der Waals surface area (Å²) < 4.78 is 0. The van der Waals surface area contributed by atoms with E-state index in [-0.39, 0.29) is 11.8 Å². The van der Waals surface area contributed by atoms with Crippen molar-refractivity contribution in [3.63, 3.8) is 0 Å². The van der Waals surface area contributed by atoms with E-state index in [1.54, 1.807) is 0 Å². The van der Waals surface area contributed by atoms with E-state index in [9.17, 15) is 4.79 Å². The van der Waals surface area contributed by atoms with Gasteiger partial charge in [-0.25, -0.2) is 0 Å². The van der Waals surface area contributed by atoms with Crippen molar-refractivity contribution in [1.82, 2.24) is 10.2 Å². The quantitative estimate of drug-likeness (QED) is 0.808. The third-order valence-electron chi connectivity index (χ3n) is 4.90. The van der Waals surface area contributed by atoms with Gasteiger partial charge in [-0.2, -0.15) is 0 Å². The summed E-state index contributed by atoms with van der Waals surface area (Å²) in [5.74, 6) is 0.847. The minimum atomic E-state index is 0.174. The van der Waals surface area contributed by atoms with Crippen LogP contribution in [0.15, 0.2) is 0 Å². The van der Waals surface area contributed by atoms with Gasteiger partial charge in [0.05, 0.1) is 0 Å². The van der Waals surface area contributed by atoms with Crippen LogP contribution in [0.5, 0.6) is 0 Å². The van der Waals surface area contributed by atoms with Crippen LogP contribution in [0.2, 0.25) is 0 Å². The average molecular weight is 267 g/mol. The first-order valence-electron chi connectivity index (χ1n) is 7.86. The lowest BCUT2D eigenvalue weighted by atomic mass is 9.94. The summed E-state index contributed by atoms with van der Waals surface area (Å²) in [7, 11) is 0. The monoisotopic (exact) mass is 267 g/mol. The third-order valence-corrected chi connectivity index (χ3v) is 4.90. The maximum absolute atomic E-state index is 12.3. The predicted octanol–water partition coefficient (Wildman–Crippen LogP) is 1.35. The standard InChI is InChI=1S/C15H29N3O/c1-11(2)18-8-6-13(7-9-18)17-15(19)14-5-3-4-12(14)10-16/h11-14H,3-10,16H2,1-2H3,(H,17,19). The normalized spacial score (nSPS) is 29.9. The molecule has 19 heavy (non-hydrogen) atoms. The minimum absolute atomic E-state index is 0.174. The van der Waals surface area contributed by atoms with E-state index in [1.165, 1.54) is 0 Å². The summed E-state index contributed by atoms with van der Waals surface area (Å²) in [6, 6.07) is 0.995. The van der Waals surface area contributed by atoms with Gasteiger partial charge in [0, 0.05) is 31.1 Å². The molecule has 4 heteroatoms. The van der Waals surface area contributed by atoms with Crippen molar-refractivity contribution in [1.29, 1.82) is 0 Å². The Morgan fingerprint density at radius 3 is 2.53 bits per heavy atom. The van der Waals surface area contributed by atoms with E-state index in [1.807, 2.05) is 0 Å². The molecule has 2 aliphatic rings. The number of nitrogens with two attached hydrogens (primary N) is 1. The van der Waals surface area contributed by atoms with Gasteiger partial charge < -0.3 is 16.0 Å². The van der Waals surface area contributed by atoms with Crippen molar-refractivity contribution >= 4 is 5.91 Å². The SMILES string of the molecule is CC(C)N1CCC(NC(=O)C2CCCC2CN)CC1. The molecule has 0 aromatic carbocycles. The van der Waals surface area contributed by atoms with Crippen molar-refractivity contribution in [2.45, 2.75) is 58.0 Å². The smallest absolute Gasteiger partial charge is 0.223 e. The maximum Gasteiger partial charge on any atom is 0.223 e. The van der Waals surface area contributed by atoms with Gasteiger partial charge in [-0.05, 0) is 52.0 Å². The molecule has 2 atom stereocenters. The summed E-state index contributed by atoms with van der Waals surface area (Å²) in [5, 5.41) is 3.26. The number of hydrogen-bond donors (Lipinski definition) is 2. The molecule has 1 saturated heterocycles. The number of piperidine rings is 1. The zero-order valence-electron chi connectivity index (χ0n) is 12.4. The molecule has 1 amide bonds. The Kier molecular flexibility index (Phi) is 5.22. The number of carbonyl (C=O) groups excluding carboxylic acids is 1. The Bertz CT molecular complexity index is 298. The fourth-order valence-corrected chi connectivity index (χ4v) is 3.53. The number of amides is 1. The minimum Gasteiger partial charge on any atom is -0.353 e. The lowest BCUT2D eigenvalue weighted by Gasteiger charge is -2.35. The number of nitrogens with one attached hydrogen (secondary N) is 1. The van der Waals surface area contributed by atoms with Crippen LogP contribution in [0.4, 0.5) is 0 Å². The van der Waals surface area contributed by atoms with Gasteiger partial charge >= 0.3 is 0 Å². The highest BCUT2D eigenvalue weighted by Gasteiger charge is 2.33. The molecule has 110 valence electrons. The second-order valence-electron chi connectivity index (χ2n) is 6.45. The van der Waals surface area contributed by atoms with Crippen LogP contribution >= 0.6 is 0 Å². The van der Waals surface area contributed by atoms with Crippen LogP contribution in [-0.2, 0) is 4.79 Å². The summed E-state index contributed by atoms with van der Waals surface area (Å²) in [5.41, 5.74) is 5.76. The van der Waals surface area contributed by atoms with E-state index < -0.39 is 0 Å². The van der Waals surface area contributed by atoms with Crippen LogP contribution in [0.1, 0.15) is 46.0 Å². The molecule has 0 spiro atoms. The second kappa shape index (κ2) is 6.71. The molecular formula is C15H29N3O. The van der Waals surface area contributed by atoms with E-state index in [0.29, 0.717) is 24.5 Å². The summed E-state index contributed by atoms with van der Waals surface area (Å²) in [6.07, 6.45) is 5.48.